The number of hydrogen-bond donors (Lipinski definition) is 1. The van der Waals surface area contributed by atoms with Crippen LogP contribution >= 0.6 is 0 Å². The van der Waals surface area contributed by atoms with Crippen LogP contribution in [0, 0.1) is 13.8 Å². The Morgan fingerprint density at radius 2 is 1.44 bits per heavy atom. The van der Waals surface area contributed by atoms with Crippen LogP contribution in [0.1, 0.15) is 67.7 Å². The minimum atomic E-state index is -0.489. The average Bonchev–Trinajstić information content (AvgIpc) is 3.74. The van der Waals surface area contributed by atoms with Gasteiger partial charge in [0.2, 0.25) is 0 Å². The molecule has 0 aliphatic rings. The molecule has 0 fully saturated rings. The van der Waals surface area contributed by atoms with Crippen LogP contribution in [0.15, 0.2) is 71.6 Å². The number of ether oxygens (including phenoxy) is 6. The summed E-state index contributed by atoms with van der Waals surface area (Å²) in [6.45, 7) is 15.9. The van der Waals surface area contributed by atoms with E-state index in [0.29, 0.717) is 78.2 Å². The van der Waals surface area contributed by atoms with Crippen molar-refractivity contribution >= 4 is 22.9 Å². The third-order valence-corrected chi connectivity index (χ3v) is 8.87. The molecule has 5 aromatic rings. The summed E-state index contributed by atoms with van der Waals surface area (Å²) in [6.07, 6.45) is 5.98. The van der Waals surface area contributed by atoms with Gasteiger partial charge in [0.15, 0.2) is 0 Å². The van der Waals surface area contributed by atoms with E-state index in [1.807, 2.05) is 83.3 Å². The van der Waals surface area contributed by atoms with Crippen LogP contribution < -0.4 is 5.32 Å². The molecule has 0 radical (unpaired) electrons. The zero-order chi connectivity index (χ0) is 40.6. The van der Waals surface area contributed by atoms with E-state index in [0.717, 1.165) is 50.4 Å². The number of aromatic nitrogens is 4. The Hall–Kier alpha value is -4.99. The van der Waals surface area contributed by atoms with Crippen molar-refractivity contribution in [1.29, 1.82) is 0 Å². The van der Waals surface area contributed by atoms with Crippen molar-refractivity contribution in [3.63, 3.8) is 0 Å². The standard InChI is InChI=1S/C43H55N5O9/c1-30-40(32(3)57-47-30)35-27-38-41(46-28-35)36(29-48(38)31(2)37-9-7-8-15-44-37)33-10-12-34(13-11-33)42(50)45-16-18-52-20-22-54-24-26-55-25-23-53-21-19-51-17-14-39(49)56-43(4,5)6/h7-13,15,27-29,31H,14,16-26H2,1-6H3,(H,45,50)/t31-/m0/s1. The zero-order valence-electron chi connectivity index (χ0n) is 33.9. The summed E-state index contributed by atoms with van der Waals surface area (Å²) in [5, 5.41) is 7.05. The van der Waals surface area contributed by atoms with Gasteiger partial charge in [-0.15, -0.1) is 0 Å². The molecular formula is C43H55N5O9. The van der Waals surface area contributed by atoms with Crippen LogP contribution in [0.4, 0.5) is 0 Å². The second kappa shape index (κ2) is 21.5. The number of aryl methyl sites for hydroxylation is 2. The normalized spacial score (nSPS) is 12.2. The maximum Gasteiger partial charge on any atom is 0.308 e. The summed E-state index contributed by atoms with van der Waals surface area (Å²) < 4.78 is 40.4. The average molecular weight is 786 g/mol. The molecule has 4 heterocycles. The third kappa shape index (κ3) is 13.0. The number of esters is 1. The molecule has 0 aliphatic carbocycles. The van der Waals surface area contributed by atoms with Crippen LogP contribution in [0.2, 0.25) is 0 Å². The van der Waals surface area contributed by atoms with Crippen molar-refractivity contribution in [3.8, 4) is 22.3 Å². The van der Waals surface area contributed by atoms with E-state index in [-0.39, 0.29) is 24.3 Å². The summed E-state index contributed by atoms with van der Waals surface area (Å²) >= 11 is 0. The van der Waals surface area contributed by atoms with Crippen molar-refractivity contribution in [2.75, 3.05) is 72.6 Å². The van der Waals surface area contributed by atoms with Gasteiger partial charge < -0.3 is 42.8 Å². The summed E-state index contributed by atoms with van der Waals surface area (Å²) in [5.74, 6) is 0.287. The number of hydrogen-bond acceptors (Lipinski definition) is 12. The van der Waals surface area contributed by atoms with E-state index >= 15 is 0 Å². The molecule has 0 saturated heterocycles. The molecule has 0 bridgehead atoms. The molecular weight excluding hydrogens is 730 g/mol. The molecule has 0 spiro atoms. The number of nitrogens with one attached hydrogen (secondary N) is 1. The Labute approximate surface area is 334 Å². The van der Waals surface area contributed by atoms with Gasteiger partial charge in [0.05, 0.1) is 101 Å². The molecule has 0 saturated carbocycles. The number of nitrogens with zero attached hydrogens (tertiary/aromatic N) is 4. The Morgan fingerprint density at radius 1 is 0.807 bits per heavy atom. The van der Waals surface area contributed by atoms with Crippen LogP contribution in [0.3, 0.4) is 0 Å². The lowest BCUT2D eigenvalue weighted by molar-refractivity contribution is -0.156. The topological polar surface area (TPSA) is 158 Å². The van der Waals surface area contributed by atoms with E-state index in [9.17, 15) is 9.59 Å². The number of fused-ring (bicyclic) bond motifs is 1. The van der Waals surface area contributed by atoms with Crippen LogP contribution in [-0.2, 0) is 33.2 Å². The first-order chi connectivity index (χ1) is 27.5. The summed E-state index contributed by atoms with van der Waals surface area (Å²) in [6, 6.07) is 15.5. The highest BCUT2D eigenvalue weighted by Crippen LogP contribution is 2.36. The minimum Gasteiger partial charge on any atom is -0.460 e. The Bertz CT molecular complexity index is 1990. The van der Waals surface area contributed by atoms with Crippen LogP contribution in [-0.4, -0.2) is 110 Å². The molecule has 1 amide bonds. The lowest BCUT2D eigenvalue weighted by atomic mass is 10.0. The quantitative estimate of drug-likeness (QED) is 0.0565. The molecule has 5 rings (SSSR count). The van der Waals surface area contributed by atoms with Crippen molar-refractivity contribution in [2.45, 2.75) is 59.6 Å². The fraction of sp³-hybridized carbons (Fsp3) is 0.465. The first-order valence-corrected chi connectivity index (χ1v) is 19.4. The molecule has 14 heteroatoms. The number of amides is 1. The SMILES string of the molecule is Cc1noc(C)c1-c1cnc2c(-c3ccc(C(=O)NCCOCCOCCOCCOCCOCCC(=O)OC(C)(C)C)cc3)cn([C@@H](C)c3ccccn3)c2c1. The number of pyridine rings is 2. The van der Waals surface area contributed by atoms with Gasteiger partial charge in [0.1, 0.15) is 11.4 Å². The second-order valence-corrected chi connectivity index (χ2v) is 14.4. The van der Waals surface area contributed by atoms with E-state index in [1.54, 1.807) is 6.20 Å². The predicted octanol–water partition coefficient (Wildman–Crippen LogP) is 6.52. The first-order valence-electron chi connectivity index (χ1n) is 19.4. The lowest BCUT2D eigenvalue weighted by Gasteiger charge is -2.19. The van der Waals surface area contributed by atoms with E-state index in [1.165, 1.54) is 0 Å². The van der Waals surface area contributed by atoms with Gasteiger partial charge in [-0.05, 0) is 77.4 Å². The largest absolute Gasteiger partial charge is 0.460 e. The summed E-state index contributed by atoms with van der Waals surface area (Å²) in [5.41, 5.74) is 7.37. The van der Waals surface area contributed by atoms with E-state index in [4.69, 9.17) is 37.9 Å². The molecule has 57 heavy (non-hydrogen) atoms. The number of rotatable bonds is 23. The smallest absolute Gasteiger partial charge is 0.308 e. The Kier molecular flexibility index (Phi) is 16.3. The lowest BCUT2D eigenvalue weighted by Crippen LogP contribution is -2.27. The van der Waals surface area contributed by atoms with Gasteiger partial charge in [0, 0.05) is 47.4 Å². The molecule has 306 valence electrons. The highest BCUT2D eigenvalue weighted by Gasteiger charge is 2.21. The molecule has 0 aliphatic heterocycles. The van der Waals surface area contributed by atoms with E-state index in [2.05, 4.69) is 39.2 Å². The molecule has 1 aromatic carbocycles. The van der Waals surface area contributed by atoms with Crippen molar-refractivity contribution in [3.05, 3.63) is 89.8 Å². The van der Waals surface area contributed by atoms with Gasteiger partial charge in [-0.3, -0.25) is 19.6 Å². The van der Waals surface area contributed by atoms with Crippen molar-refractivity contribution < 1.29 is 42.5 Å². The van der Waals surface area contributed by atoms with Gasteiger partial charge in [-0.2, -0.15) is 0 Å². The molecule has 1 N–H and O–H groups in total. The van der Waals surface area contributed by atoms with Crippen molar-refractivity contribution in [1.82, 2.24) is 25.0 Å². The summed E-state index contributed by atoms with van der Waals surface area (Å²) in [4.78, 5) is 34.1. The minimum absolute atomic E-state index is 0.0584. The number of carbonyl (C=O) groups excluding carboxylic acids is 2. The van der Waals surface area contributed by atoms with Gasteiger partial charge in [0.25, 0.3) is 5.91 Å². The molecule has 14 nitrogen and oxygen atoms in total. The second-order valence-electron chi connectivity index (χ2n) is 14.4. The number of benzene rings is 1. The Balaban J connectivity index is 0.985. The van der Waals surface area contributed by atoms with Gasteiger partial charge in [-0.25, -0.2) is 0 Å². The zero-order valence-corrected chi connectivity index (χ0v) is 33.9. The van der Waals surface area contributed by atoms with Gasteiger partial charge >= 0.3 is 5.97 Å². The predicted molar refractivity (Wildman–Crippen MR) is 215 cm³/mol. The fourth-order valence-electron chi connectivity index (χ4n) is 6.13. The third-order valence-electron chi connectivity index (χ3n) is 8.87. The van der Waals surface area contributed by atoms with Crippen LogP contribution in [0.25, 0.3) is 33.3 Å². The van der Waals surface area contributed by atoms with E-state index < -0.39 is 5.60 Å². The van der Waals surface area contributed by atoms with Crippen molar-refractivity contribution in [2.24, 2.45) is 0 Å². The maximum atomic E-state index is 12.9. The maximum absolute atomic E-state index is 12.9. The highest BCUT2D eigenvalue weighted by molar-refractivity contribution is 5.97. The fourth-order valence-corrected chi connectivity index (χ4v) is 6.13. The first kappa shape index (κ1) is 43.1. The molecule has 4 aromatic heterocycles. The van der Waals surface area contributed by atoms with Gasteiger partial charge in [-0.1, -0.05) is 23.4 Å². The highest BCUT2D eigenvalue weighted by atomic mass is 16.6. The number of carbonyl (C=O) groups is 2. The van der Waals surface area contributed by atoms with Crippen LogP contribution in [0.5, 0.6) is 0 Å². The summed E-state index contributed by atoms with van der Waals surface area (Å²) in [7, 11) is 0. The molecule has 1 atom stereocenters. The molecule has 0 unspecified atom stereocenters. The Morgan fingerprint density at radius 3 is 2.02 bits per heavy atom. The monoisotopic (exact) mass is 785 g/mol.